The van der Waals surface area contributed by atoms with Gasteiger partial charge in [-0.2, -0.15) is 0 Å². The Kier molecular flexibility index (Phi) is 8.02. The van der Waals surface area contributed by atoms with Gasteiger partial charge in [-0.15, -0.1) is 12.4 Å². The lowest BCUT2D eigenvalue weighted by molar-refractivity contribution is -0.123. The molecule has 0 bridgehead atoms. The van der Waals surface area contributed by atoms with Crippen LogP contribution in [0, 0.1) is 5.92 Å². The molecule has 1 fully saturated rings. The molecule has 1 aliphatic heterocycles. The van der Waals surface area contributed by atoms with Crippen LogP contribution in [-0.2, 0) is 4.79 Å². The molecule has 2 rings (SSSR count). The fourth-order valence-corrected chi connectivity index (χ4v) is 2.31. The van der Waals surface area contributed by atoms with Crippen molar-refractivity contribution in [2.45, 2.75) is 19.4 Å². The van der Waals surface area contributed by atoms with Crippen LogP contribution in [0.15, 0.2) is 24.3 Å². The number of carbonyl (C=O) groups is 2. The number of amides is 1. The molecule has 2 atom stereocenters. The molecule has 0 aromatic heterocycles. The SMILES string of the molecule is CCC(=O)c1ccc(OCC(=O)NCC2CNCC2O)cc1.Cl. The smallest absolute Gasteiger partial charge is 0.257 e. The van der Waals surface area contributed by atoms with Crippen LogP contribution in [-0.4, -0.2) is 49.1 Å². The van der Waals surface area contributed by atoms with Gasteiger partial charge in [0.1, 0.15) is 5.75 Å². The van der Waals surface area contributed by atoms with Crippen molar-refractivity contribution in [2.75, 3.05) is 26.2 Å². The van der Waals surface area contributed by atoms with E-state index in [1.54, 1.807) is 24.3 Å². The molecule has 2 unspecified atom stereocenters. The first-order valence-corrected chi connectivity index (χ1v) is 7.51. The van der Waals surface area contributed by atoms with E-state index < -0.39 is 6.10 Å². The summed E-state index contributed by atoms with van der Waals surface area (Å²) in [6.07, 6.45) is 0.0506. The monoisotopic (exact) mass is 342 g/mol. The second-order valence-electron chi connectivity index (χ2n) is 5.38. The number of aliphatic hydroxyl groups excluding tert-OH is 1. The van der Waals surface area contributed by atoms with Crippen molar-refractivity contribution < 1.29 is 19.4 Å². The van der Waals surface area contributed by atoms with Crippen molar-refractivity contribution in [3.05, 3.63) is 29.8 Å². The summed E-state index contributed by atoms with van der Waals surface area (Å²) in [6, 6.07) is 6.75. The third-order valence-corrected chi connectivity index (χ3v) is 3.73. The Morgan fingerprint density at radius 3 is 2.57 bits per heavy atom. The van der Waals surface area contributed by atoms with Crippen LogP contribution < -0.4 is 15.4 Å². The van der Waals surface area contributed by atoms with E-state index in [0.29, 0.717) is 37.4 Å². The quantitative estimate of drug-likeness (QED) is 0.637. The van der Waals surface area contributed by atoms with E-state index in [1.165, 1.54) is 0 Å². The van der Waals surface area contributed by atoms with Crippen LogP contribution in [0.25, 0.3) is 0 Å². The molecule has 1 saturated heterocycles. The molecule has 0 saturated carbocycles. The number of ketones is 1. The van der Waals surface area contributed by atoms with E-state index >= 15 is 0 Å². The number of benzene rings is 1. The summed E-state index contributed by atoms with van der Waals surface area (Å²) in [6.45, 7) is 3.43. The fraction of sp³-hybridized carbons (Fsp3) is 0.500. The van der Waals surface area contributed by atoms with Gasteiger partial charge in [-0.05, 0) is 24.3 Å². The van der Waals surface area contributed by atoms with Gasteiger partial charge in [0.2, 0.25) is 0 Å². The van der Waals surface area contributed by atoms with Crippen molar-refractivity contribution in [1.29, 1.82) is 0 Å². The highest BCUT2D eigenvalue weighted by Crippen LogP contribution is 2.13. The van der Waals surface area contributed by atoms with E-state index in [2.05, 4.69) is 10.6 Å². The molecule has 1 amide bonds. The Morgan fingerprint density at radius 2 is 2.00 bits per heavy atom. The average molecular weight is 343 g/mol. The third-order valence-electron chi connectivity index (χ3n) is 3.73. The molecule has 1 aromatic carbocycles. The van der Waals surface area contributed by atoms with Crippen molar-refractivity contribution in [3.63, 3.8) is 0 Å². The van der Waals surface area contributed by atoms with Gasteiger partial charge in [0.05, 0.1) is 6.10 Å². The van der Waals surface area contributed by atoms with Gasteiger partial charge in [0.15, 0.2) is 12.4 Å². The maximum Gasteiger partial charge on any atom is 0.257 e. The Balaban J connectivity index is 0.00000264. The van der Waals surface area contributed by atoms with Gasteiger partial charge in [0, 0.05) is 37.5 Å². The first kappa shape index (κ1) is 19.4. The molecule has 0 spiro atoms. The molecule has 1 aromatic rings. The Hall–Kier alpha value is -1.63. The number of rotatable bonds is 7. The summed E-state index contributed by atoms with van der Waals surface area (Å²) in [4.78, 5) is 23.2. The number of hydrogen-bond donors (Lipinski definition) is 3. The molecule has 1 aliphatic rings. The fourth-order valence-electron chi connectivity index (χ4n) is 2.31. The van der Waals surface area contributed by atoms with Gasteiger partial charge in [-0.3, -0.25) is 9.59 Å². The predicted molar refractivity (Wildman–Crippen MR) is 89.2 cm³/mol. The van der Waals surface area contributed by atoms with E-state index in [9.17, 15) is 14.7 Å². The van der Waals surface area contributed by atoms with Crippen molar-refractivity contribution in [3.8, 4) is 5.75 Å². The molecular weight excluding hydrogens is 320 g/mol. The van der Waals surface area contributed by atoms with Crippen LogP contribution in [0.5, 0.6) is 5.75 Å². The minimum absolute atomic E-state index is 0. The highest BCUT2D eigenvalue weighted by Gasteiger charge is 2.24. The minimum Gasteiger partial charge on any atom is -0.484 e. The lowest BCUT2D eigenvalue weighted by Gasteiger charge is -2.14. The van der Waals surface area contributed by atoms with Crippen LogP contribution in [0.3, 0.4) is 0 Å². The van der Waals surface area contributed by atoms with Crippen LogP contribution in [0.2, 0.25) is 0 Å². The largest absolute Gasteiger partial charge is 0.484 e. The Bertz CT molecular complexity index is 521. The third kappa shape index (κ3) is 5.82. The summed E-state index contributed by atoms with van der Waals surface area (Å²) in [5.74, 6) is 0.439. The normalized spacial score (nSPS) is 19.7. The highest BCUT2D eigenvalue weighted by atomic mass is 35.5. The second-order valence-corrected chi connectivity index (χ2v) is 5.38. The number of carbonyl (C=O) groups excluding carboxylic acids is 2. The number of ether oxygens (including phenoxy) is 1. The van der Waals surface area contributed by atoms with E-state index in [-0.39, 0.29) is 36.6 Å². The maximum atomic E-state index is 11.7. The van der Waals surface area contributed by atoms with Crippen molar-refractivity contribution in [1.82, 2.24) is 10.6 Å². The molecule has 0 radical (unpaired) electrons. The highest BCUT2D eigenvalue weighted by molar-refractivity contribution is 5.95. The van der Waals surface area contributed by atoms with Crippen LogP contribution >= 0.6 is 12.4 Å². The number of nitrogens with one attached hydrogen (secondary N) is 2. The molecule has 23 heavy (non-hydrogen) atoms. The Morgan fingerprint density at radius 1 is 1.30 bits per heavy atom. The zero-order valence-electron chi connectivity index (χ0n) is 13.1. The van der Waals surface area contributed by atoms with E-state index in [0.717, 1.165) is 0 Å². The zero-order chi connectivity index (χ0) is 15.9. The van der Waals surface area contributed by atoms with Crippen molar-refractivity contribution in [2.24, 2.45) is 5.92 Å². The number of β-amino-alcohol motifs (C(OH)–C–C–N with tert-alkyl or cyclic N) is 1. The maximum absolute atomic E-state index is 11.7. The lowest BCUT2D eigenvalue weighted by atomic mass is 10.1. The lowest BCUT2D eigenvalue weighted by Crippen LogP contribution is -2.36. The summed E-state index contributed by atoms with van der Waals surface area (Å²) in [5.41, 5.74) is 0.641. The molecule has 7 heteroatoms. The first-order valence-electron chi connectivity index (χ1n) is 7.51. The first-order chi connectivity index (χ1) is 10.6. The predicted octanol–water partition coefficient (Wildman–Crippen LogP) is 0.776. The van der Waals surface area contributed by atoms with Gasteiger partial charge >= 0.3 is 0 Å². The summed E-state index contributed by atoms with van der Waals surface area (Å²) in [7, 11) is 0. The average Bonchev–Trinajstić information content (AvgIpc) is 2.95. The summed E-state index contributed by atoms with van der Waals surface area (Å²) in [5, 5.41) is 15.4. The van der Waals surface area contributed by atoms with Crippen LogP contribution in [0.1, 0.15) is 23.7 Å². The number of Topliss-reactive ketones (excluding diaryl/α,β-unsaturated/α-hetero) is 1. The van der Waals surface area contributed by atoms with Gasteiger partial charge < -0.3 is 20.5 Å². The van der Waals surface area contributed by atoms with E-state index in [1.807, 2.05) is 6.92 Å². The number of halogens is 1. The summed E-state index contributed by atoms with van der Waals surface area (Å²) >= 11 is 0. The standard InChI is InChI=1S/C16H22N2O4.ClH/c1-2-14(19)11-3-5-13(6-4-11)22-10-16(21)18-8-12-7-17-9-15(12)20;/h3-6,12,15,17,20H,2,7-10H2,1H3,(H,18,21);1H. The molecule has 0 aliphatic carbocycles. The van der Waals surface area contributed by atoms with E-state index in [4.69, 9.17) is 4.74 Å². The molecule has 3 N–H and O–H groups in total. The zero-order valence-corrected chi connectivity index (χ0v) is 13.9. The molecular formula is C16H23ClN2O4. The van der Waals surface area contributed by atoms with Gasteiger partial charge in [0.25, 0.3) is 5.91 Å². The minimum atomic E-state index is -0.412. The number of aliphatic hydroxyl groups is 1. The second kappa shape index (κ2) is 9.50. The van der Waals surface area contributed by atoms with Crippen molar-refractivity contribution >= 4 is 24.1 Å². The number of hydrogen-bond acceptors (Lipinski definition) is 5. The topological polar surface area (TPSA) is 87.7 Å². The summed E-state index contributed by atoms with van der Waals surface area (Å²) < 4.78 is 5.38. The molecule has 1 heterocycles. The van der Waals surface area contributed by atoms with Crippen LogP contribution in [0.4, 0.5) is 0 Å². The van der Waals surface area contributed by atoms with Gasteiger partial charge in [-0.25, -0.2) is 0 Å². The van der Waals surface area contributed by atoms with Gasteiger partial charge in [-0.1, -0.05) is 6.92 Å². The molecule has 6 nitrogen and oxygen atoms in total. The molecule has 128 valence electrons. The Labute approximate surface area is 142 Å².